The van der Waals surface area contributed by atoms with Crippen LogP contribution in [0.2, 0.25) is 0 Å². The molecule has 20 heavy (non-hydrogen) atoms. The molecule has 2 rings (SSSR count). The van der Waals surface area contributed by atoms with Gasteiger partial charge in [0.1, 0.15) is 0 Å². The van der Waals surface area contributed by atoms with E-state index in [0.717, 1.165) is 13.0 Å². The minimum absolute atomic E-state index is 0.417. The number of hydrogen-bond acceptors (Lipinski definition) is 1. The molecule has 1 N–H and O–H groups in total. The van der Waals surface area contributed by atoms with Gasteiger partial charge in [0.05, 0.1) is 0 Å². The van der Waals surface area contributed by atoms with E-state index < -0.39 is 0 Å². The third kappa shape index (κ3) is 4.32. The Kier molecular flexibility index (Phi) is 6.05. The molecular weight excluding hydrogens is 357 g/mol. The van der Waals surface area contributed by atoms with E-state index in [-0.39, 0.29) is 0 Å². The van der Waals surface area contributed by atoms with Crippen LogP contribution in [0.1, 0.15) is 31.0 Å². The molecule has 1 nitrogen and oxygen atoms in total. The summed E-state index contributed by atoms with van der Waals surface area (Å²) in [6, 6.07) is 20.0. The van der Waals surface area contributed by atoms with Crippen molar-refractivity contribution in [3.05, 3.63) is 69.3 Å². The van der Waals surface area contributed by atoms with Crippen LogP contribution in [0.25, 0.3) is 0 Å². The third-order valence-electron chi connectivity index (χ3n) is 3.62. The second-order valence-electron chi connectivity index (χ2n) is 5.25. The van der Waals surface area contributed by atoms with Gasteiger partial charge in [-0.25, -0.2) is 0 Å². The van der Waals surface area contributed by atoms with Crippen LogP contribution in [0, 0.1) is 9.49 Å². The summed E-state index contributed by atoms with van der Waals surface area (Å²) >= 11 is 2.35. The Morgan fingerprint density at radius 3 is 2.25 bits per heavy atom. The molecule has 2 heteroatoms. The second kappa shape index (κ2) is 7.79. The van der Waals surface area contributed by atoms with Crippen molar-refractivity contribution in [3.63, 3.8) is 0 Å². The van der Waals surface area contributed by atoms with Crippen LogP contribution in [-0.4, -0.2) is 6.54 Å². The fourth-order valence-corrected chi connectivity index (χ4v) is 3.00. The van der Waals surface area contributed by atoms with Crippen molar-refractivity contribution in [1.29, 1.82) is 0 Å². The first kappa shape index (κ1) is 15.5. The van der Waals surface area contributed by atoms with Crippen LogP contribution in [0.3, 0.4) is 0 Å². The highest BCUT2D eigenvalue weighted by Gasteiger charge is 2.18. The predicted molar refractivity (Wildman–Crippen MR) is 94.9 cm³/mol. The van der Waals surface area contributed by atoms with Crippen LogP contribution in [0.15, 0.2) is 54.6 Å². The van der Waals surface area contributed by atoms with E-state index in [2.05, 4.69) is 96.4 Å². The highest BCUT2D eigenvalue weighted by Crippen LogP contribution is 2.25. The summed E-state index contributed by atoms with van der Waals surface area (Å²) in [6.07, 6.45) is 1.10. The Bertz CT molecular complexity index is 507. The van der Waals surface area contributed by atoms with E-state index >= 15 is 0 Å². The maximum atomic E-state index is 3.63. The fraction of sp³-hybridized carbons (Fsp3) is 0.333. The quantitative estimate of drug-likeness (QED) is 0.710. The molecule has 0 aliphatic rings. The first-order chi connectivity index (χ1) is 9.70. The summed E-state index contributed by atoms with van der Waals surface area (Å²) in [5.41, 5.74) is 2.80. The molecule has 0 aliphatic heterocycles. The summed E-state index contributed by atoms with van der Waals surface area (Å²) in [5.74, 6) is 0.567. The van der Waals surface area contributed by atoms with Crippen LogP contribution >= 0.6 is 22.6 Å². The van der Waals surface area contributed by atoms with Gasteiger partial charge in [0.15, 0.2) is 0 Å². The van der Waals surface area contributed by atoms with E-state index in [1.54, 1.807) is 0 Å². The molecule has 2 aromatic carbocycles. The zero-order valence-electron chi connectivity index (χ0n) is 12.1. The number of halogens is 1. The van der Waals surface area contributed by atoms with Gasteiger partial charge in [0.25, 0.3) is 0 Å². The van der Waals surface area contributed by atoms with Crippen molar-refractivity contribution < 1.29 is 0 Å². The van der Waals surface area contributed by atoms with E-state index in [1.165, 1.54) is 14.7 Å². The molecule has 106 valence electrons. The molecule has 0 saturated heterocycles. The first-order valence-electron chi connectivity index (χ1n) is 7.23. The van der Waals surface area contributed by atoms with Gasteiger partial charge in [0.2, 0.25) is 0 Å². The Morgan fingerprint density at radius 1 is 1.00 bits per heavy atom. The third-order valence-corrected chi connectivity index (χ3v) is 4.34. The zero-order chi connectivity index (χ0) is 14.4. The monoisotopic (exact) mass is 379 g/mol. The topological polar surface area (TPSA) is 12.0 Å². The lowest BCUT2D eigenvalue weighted by atomic mass is 9.89. The molecule has 0 saturated carbocycles. The number of benzene rings is 2. The van der Waals surface area contributed by atoms with Gasteiger partial charge in [-0.3, -0.25) is 0 Å². The van der Waals surface area contributed by atoms with Crippen LogP contribution < -0.4 is 5.32 Å². The minimum Gasteiger partial charge on any atom is -0.310 e. The standard InChI is InChI=1S/C18H22IN/c1-3-20-18(16-7-5-4-6-8-16)14(2)13-15-9-11-17(19)12-10-15/h4-12,14,18,20H,3,13H2,1-2H3. The summed E-state index contributed by atoms with van der Waals surface area (Å²) < 4.78 is 1.30. The van der Waals surface area contributed by atoms with E-state index in [9.17, 15) is 0 Å². The molecule has 2 aromatic rings. The predicted octanol–water partition coefficient (Wildman–Crippen LogP) is 4.82. The van der Waals surface area contributed by atoms with Gasteiger partial charge in [-0.05, 0) is 64.7 Å². The largest absolute Gasteiger partial charge is 0.310 e. The highest BCUT2D eigenvalue weighted by molar-refractivity contribution is 14.1. The maximum absolute atomic E-state index is 3.63. The average Bonchev–Trinajstić information content (AvgIpc) is 2.48. The molecule has 0 aromatic heterocycles. The number of hydrogen-bond donors (Lipinski definition) is 1. The van der Waals surface area contributed by atoms with Crippen molar-refractivity contribution >= 4 is 22.6 Å². The summed E-state index contributed by atoms with van der Waals surface area (Å²) in [7, 11) is 0. The number of nitrogens with one attached hydrogen (secondary N) is 1. The van der Waals surface area contributed by atoms with Crippen molar-refractivity contribution in [2.45, 2.75) is 26.3 Å². The first-order valence-corrected chi connectivity index (χ1v) is 8.31. The molecule has 2 unspecified atom stereocenters. The molecule has 0 amide bonds. The summed E-state index contributed by atoms with van der Waals surface area (Å²) in [4.78, 5) is 0. The van der Waals surface area contributed by atoms with Crippen molar-refractivity contribution in [2.75, 3.05) is 6.54 Å². The van der Waals surface area contributed by atoms with Crippen LogP contribution in [-0.2, 0) is 6.42 Å². The molecule has 2 atom stereocenters. The van der Waals surface area contributed by atoms with Crippen molar-refractivity contribution in [3.8, 4) is 0 Å². The lowest BCUT2D eigenvalue weighted by Crippen LogP contribution is -2.28. The smallest absolute Gasteiger partial charge is 0.0349 e. The fourth-order valence-electron chi connectivity index (χ4n) is 2.64. The van der Waals surface area contributed by atoms with Crippen molar-refractivity contribution in [2.24, 2.45) is 5.92 Å². The Labute approximate surface area is 135 Å². The van der Waals surface area contributed by atoms with Crippen LogP contribution in [0.5, 0.6) is 0 Å². The molecular formula is C18H22IN. The molecule has 0 bridgehead atoms. The molecule has 0 fully saturated rings. The molecule has 0 aliphatic carbocycles. The van der Waals surface area contributed by atoms with Crippen molar-refractivity contribution in [1.82, 2.24) is 5.32 Å². The van der Waals surface area contributed by atoms with Crippen LogP contribution in [0.4, 0.5) is 0 Å². The van der Waals surface area contributed by atoms with Gasteiger partial charge in [-0.2, -0.15) is 0 Å². The summed E-state index contributed by atoms with van der Waals surface area (Å²) in [5, 5.41) is 3.63. The summed E-state index contributed by atoms with van der Waals surface area (Å²) in [6.45, 7) is 5.50. The second-order valence-corrected chi connectivity index (χ2v) is 6.50. The molecule has 0 radical (unpaired) electrons. The minimum atomic E-state index is 0.417. The Balaban J connectivity index is 2.11. The normalized spacial score (nSPS) is 13.9. The van der Waals surface area contributed by atoms with Gasteiger partial charge < -0.3 is 5.32 Å². The zero-order valence-corrected chi connectivity index (χ0v) is 14.3. The lowest BCUT2D eigenvalue weighted by Gasteiger charge is -2.25. The number of rotatable bonds is 6. The van der Waals surface area contributed by atoms with Gasteiger partial charge in [0, 0.05) is 9.61 Å². The van der Waals surface area contributed by atoms with Gasteiger partial charge >= 0.3 is 0 Å². The average molecular weight is 379 g/mol. The lowest BCUT2D eigenvalue weighted by molar-refractivity contribution is 0.391. The Hall–Kier alpha value is -0.870. The Morgan fingerprint density at radius 2 is 1.65 bits per heavy atom. The SMILES string of the molecule is CCNC(c1ccccc1)C(C)Cc1ccc(I)cc1. The highest BCUT2D eigenvalue weighted by atomic mass is 127. The van der Waals surface area contributed by atoms with Gasteiger partial charge in [-0.1, -0.05) is 56.3 Å². The van der Waals surface area contributed by atoms with E-state index in [1.807, 2.05) is 0 Å². The molecule has 0 spiro atoms. The van der Waals surface area contributed by atoms with Gasteiger partial charge in [-0.15, -0.1) is 0 Å². The van der Waals surface area contributed by atoms with E-state index in [0.29, 0.717) is 12.0 Å². The van der Waals surface area contributed by atoms with E-state index in [4.69, 9.17) is 0 Å². The molecule has 0 heterocycles. The maximum Gasteiger partial charge on any atom is 0.0349 e.